The number of thioether (sulfide) groups is 1. The zero-order valence-electron chi connectivity index (χ0n) is 14.1. The third-order valence-corrected chi connectivity index (χ3v) is 5.56. The molecule has 1 fully saturated rings. The number of anilines is 1. The molecule has 0 unspecified atom stereocenters. The van der Waals surface area contributed by atoms with Crippen molar-refractivity contribution in [3.05, 3.63) is 48.3 Å². The molecule has 142 valence electrons. The van der Waals surface area contributed by atoms with Crippen molar-refractivity contribution in [1.82, 2.24) is 19.5 Å². The van der Waals surface area contributed by atoms with Crippen LogP contribution in [0.15, 0.2) is 36.9 Å². The number of imidazole rings is 1. The smallest absolute Gasteiger partial charge is 0.167 e. The largest absolute Gasteiger partial charge is 0.387 e. The Kier molecular flexibility index (Phi) is 4.96. The summed E-state index contributed by atoms with van der Waals surface area (Å²) in [7, 11) is 0. The molecule has 4 N–H and O–H groups in total. The first-order valence-electron chi connectivity index (χ1n) is 8.31. The molecule has 4 rings (SSSR count). The van der Waals surface area contributed by atoms with E-state index in [-0.39, 0.29) is 11.6 Å². The van der Waals surface area contributed by atoms with Crippen LogP contribution in [0.2, 0.25) is 0 Å². The van der Waals surface area contributed by atoms with Gasteiger partial charge in [-0.1, -0.05) is 12.1 Å². The van der Waals surface area contributed by atoms with Crippen LogP contribution >= 0.6 is 11.8 Å². The van der Waals surface area contributed by atoms with E-state index in [0.29, 0.717) is 22.7 Å². The predicted molar refractivity (Wildman–Crippen MR) is 98.2 cm³/mol. The molecule has 0 aliphatic carbocycles. The van der Waals surface area contributed by atoms with Gasteiger partial charge in [0.1, 0.15) is 29.9 Å². The second-order valence-electron chi connectivity index (χ2n) is 6.27. The van der Waals surface area contributed by atoms with Crippen LogP contribution in [-0.2, 0) is 10.5 Å². The SMILES string of the molecule is Nc1ncnc2c1ncn2[C@@H]1O[C@@H](CSCc2ccc(F)cc2)[C@H](O)[C@H]1O. The minimum atomic E-state index is -1.13. The first kappa shape index (κ1) is 18.1. The van der Waals surface area contributed by atoms with Gasteiger partial charge in [-0.25, -0.2) is 19.3 Å². The van der Waals surface area contributed by atoms with E-state index in [1.54, 1.807) is 16.7 Å². The molecular formula is C17H18FN5O3S. The topological polar surface area (TPSA) is 119 Å². The maximum Gasteiger partial charge on any atom is 0.167 e. The molecular weight excluding hydrogens is 373 g/mol. The van der Waals surface area contributed by atoms with Crippen LogP contribution in [0.1, 0.15) is 11.8 Å². The molecule has 0 bridgehead atoms. The maximum atomic E-state index is 13.0. The van der Waals surface area contributed by atoms with Crippen LogP contribution in [0.25, 0.3) is 11.2 Å². The summed E-state index contributed by atoms with van der Waals surface area (Å²) in [6.07, 6.45) is -0.793. The van der Waals surface area contributed by atoms with Gasteiger partial charge < -0.3 is 20.7 Å². The Balaban J connectivity index is 1.44. The van der Waals surface area contributed by atoms with Crippen LogP contribution in [0.5, 0.6) is 0 Å². The molecule has 1 aromatic carbocycles. The second kappa shape index (κ2) is 7.39. The van der Waals surface area contributed by atoms with E-state index in [1.807, 2.05) is 0 Å². The molecule has 2 aromatic heterocycles. The van der Waals surface area contributed by atoms with Gasteiger partial charge in [-0.05, 0) is 17.7 Å². The molecule has 0 radical (unpaired) electrons. The quantitative estimate of drug-likeness (QED) is 0.592. The van der Waals surface area contributed by atoms with Crippen molar-refractivity contribution in [1.29, 1.82) is 0 Å². The van der Waals surface area contributed by atoms with Crippen LogP contribution in [-0.4, -0.2) is 53.8 Å². The third kappa shape index (κ3) is 3.48. The number of aromatic nitrogens is 4. The lowest BCUT2D eigenvalue weighted by Crippen LogP contribution is -2.32. The number of hydrogen-bond donors (Lipinski definition) is 3. The van der Waals surface area contributed by atoms with Gasteiger partial charge >= 0.3 is 0 Å². The van der Waals surface area contributed by atoms with Crippen molar-refractivity contribution in [2.45, 2.75) is 30.3 Å². The number of nitrogens with two attached hydrogens (primary N) is 1. The summed E-state index contributed by atoms with van der Waals surface area (Å²) in [5.41, 5.74) is 7.60. The zero-order valence-corrected chi connectivity index (χ0v) is 15.0. The average Bonchev–Trinajstić information content (AvgIpc) is 3.21. The van der Waals surface area contributed by atoms with Crippen LogP contribution in [0.3, 0.4) is 0 Å². The number of aliphatic hydroxyl groups excluding tert-OH is 2. The minimum Gasteiger partial charge on any atom is -0.387 e. The van der Waals surface area contributed by atoms with Crippen LogP contribution < -0.4 is 5.73 Å². The number of fused-ring (bicyclic) bond motifs is 1. The molecule has 0 amide bonds. The normalized spacial score (nSPS) is 25.3. The van der Waals surface area contributed by atoms with E-state index in [2.05, 4.69) is 15.0 Å². The van der Waals surface area contributed by atoms with E-state index in [0.717, 1.165) is 5.56 Å². The van der Waals surface area contributed by atoms with Crippen molar-refractivity contribution in [2.75, 3.05) is 11.5 Å². The van der Waals surface area contributed by atoms with E-state index in [9.17, 15) is 14.6 Å². The van der Waals surface area contributed by atoms with Gasteiger partial charge in [-0.15, -0.1) is 0 Å². The summed E-state index contributed by atoms with van der Waals surface area (Å²) < 4.78 is 20.4. The summed E-state index contributed by atoms with van der Waals surface area (Å²) >= 11 is 1.53. The number of ether oxygens (including phenoxy) is 1. The fraction of sp³-hybridized carbons (Fsp3) is 0.353. The Morgan fingerprint density at radius 3 is 2.70 bits per heavy atom. The van der Waals surface area contributed by atoms with Crippen molar-refractivity contribution in [3.8, 4) is 0 Å². The molecule has 1 saturated heterocycles. The summed E-state index contributed by atoms with van der Waals surface area (Å²) in [4.78, 5) is 12.2. The fourth-order valence-corrected chi connectivity index (χ4v) is 4.08. The lowest BCUT2D eigenvalue weighted by atomic mass is 10.1. The van der Waals surface area contributed by atoms with E-state index >= 15 is 0 Å². The Bertz CT molecular complexity index is 938. The number of hydrogen-bond acceptors (Lipinski definition) is 8. The molecule has 10 heteroatoms. The van der Waals surface area contributed by atoms with Gasteiger partial charge in [0.25, 0.3) is 0 Å². The summed E-state index contributed by atoms with van der Waals surface area (Å²) in [6, 6.07) is 6.25. The highest BCUT2D eigenvalue weighted by Gasteiger charge is 2.44. The Hall–Kier alpha value is -2.27. The lowest BCUT2D eigenvalue weighted by Gasteiger charge is -2.16. The molecule has 3 heterocycles. The summed E-state index contributed by atoms with van der Waals surface area (Å²) in [5.74, 6) is 1.07. The summed E-state index contributed by atoms with van der Waals surface area (Å²) in [6.45, 7) is 0. The molecule has 0 spiro atoms. The van der Waals surface area contributed by atoms with Crippen LogP contribution in [0.4, 0.5) is 10.2 Å². The van der Waals surface area contributed by atoms with Crippen molar-refractivity contribution < 1.29 is 19.3 Å². The molecule has 27 heavy (non-hydrogen) atoms. The zero-order chi connectivity index (χ0) is 19.0. The number of nitrogens with zero attached hydrogens (tertiary/aromatic N) is 4. The van der Waals surface area contributed by atoms with Crippen molar-refractivity contribution >= 4 is 28.7 Å². The molecule has 0 saturated carbocycles. The number of benzene rings is 1. The van der Waals surface area contributed by atoms with E-state index < -0.39 is 24.5 Å². The molecule has 3 aromatic rings. The highest BCUT2D eigenvalue weighted by molar-refractivity contribution is 7.98. The van der Waals surface area contributed by atoms with Gasteiger partial charge in [0, 0.05) is 11.5 Å². The monoisotopic (exact) mass is 391 g/mol. The number of halogens is 1. The van der Waals surface area contributed by atoms with Crippen LogP contribution in [0, 0.1) is 5.82 Å². The number of rotatable bonds is 5. The standard InChI is InChI=1S/C17H18FN5O3S/c18-10-3-1-9(2-4-10)5-27-6-11-13(24)14(25)17(26-11)23-8-22-12-15(19)20-7-21-16(12)23/h1-4,7-8,11,13-14,17,24-25H,5-6H2,(H2,19,20,21)/t11-,13-,14+,17+/m0/s1. The maximum absolute atomic E-state index is 13.0. The molecule has 1 aliphatic heterocycles. The Morgan fingerprint density at radius 2 is 1.93 bits per heavy atom. The van der Waals surface area contributed by atoms with Gasteiger partial charge in [0.05, 0.1) is 12.4 Å². The third-order valence-electron chi connectivity index (χ3n) is 4.46. The first-order valence-corrected chi connectivity index (χ1v) is 9.47. The van der Waals surface area contributed by atoms with Gasteiger partial charge in [0.2, 0.25) is 0 Å². The highest BCUT2D eigenvalue weighted by Crippen LogP contribution is 2.33. The highest BCUT2D eigenvalue weighted by atomic mass is 32.2. The molecule has 4 atom stereocenters. The number of nitrogen functional groups attached to an aromatic ring is 1. The Labute approximate surface area is 158 Å². The Morgan fingerprint density at radius 1 is 1.15 bits per heavy atom. The first-order chi connectivity index (χ1) is 13.0. The van der Waals surface area contributed by atoms with Crippen molar-refractivity contribution in [2.24, 2.45) is 0 Å². The lowest BCUT2D eigenvalue weighted by molar-refractivity contribution is -0.0289. The van der Waals surface area contributed by atoms with Gasteiger partial charge in [-0.2, -0.15) is 11.8 Å². The minimum absolute atomic E-state index is 0.234. The number of aliphatic hydroxyl groups is 2. The van der Waals surface area contributed by atoms with E-state index in [4.69, 9.17) is 10.5 Å². The van der Waals surface area contributed by atoms with Crippen molar-refractivity contribution in [3.63, 3.8) is 0 Å². The molecule has 1 aliphatic rings. The average molecular weight is 391 g/mol. The fourth-order valence-electron chi connectivity index (χ4n) is 3.03. The predicted octanol–water partition coefficient (Wildman–Crippen LogP) is 1.10. The van der Waals surface area contributed by atoms with E-state index in [1.165, 1.54) is 36.5 Å². The van der Waals surface area contributed by atoms with Gasteiger partial charge in [0.15, 0.2) is 17.7 Å². The second-order valence-corrected chi connectivity index (χ2v) is 7.30. The van der Waals surface area contributed by atoms with Gasteiger partial charge in [-0.3, -0.25) is 4.57 Å². The molecule has 8 nitrogen and oxygen atoms in total. The summed E-state index contributed by atoms with van der Waals surface area (Å²) in [5, 5.41) is 20.8.